The molecule has 2 aliphatic carbocycles. The number of nitrogens with one attached hydrogen (secondary N) is 1. The van der Waals surface area contributed by atoms with E-state index in [4.69, 9.17) is 9.47 Å². The number of benzene rings is 1. The summed E-state index contributed by atoms with van der Waals surface area (Å²) in [6, 6.07) is 6.93. The number of carbonyl (C=O) groups is 2. The second-order valence-electron chi connectivity index (χ2n) is 10.7. The third kappa shape index (κ3) is 8.63. The molecule has 3 unspecified atom stereocenters. The monoisotopic (exact) mass is 655 g/mol. The Morgan fingerprint density at radius 1 is 1.18 bits per heavy atom. The maximum atomic E-state index is 13.8. The maximum Gasteiger partial charge on any atom is 0.247 e. The van der Waals surface area contributed by atoms with Gasteiger partial charge in [-0.2, -0.15) is 0 Å². The zero-order chi connectivity index (χ0) is 27.6. The molecule has 216 valence electrons. The van der Waals surface area contributed by atoms with Crippen molar-refractivity contribution < 1.29 is 29.3 Å². The number of hydrogen-bond acceptors (Lipinski definition) is 7. The van der Waals surface area contributed by atoms with Gasteiger partial charge in [0.15, 0.2) is 0 Å². The SMILES string of the molecule is O=C(NCCO)C1=CC(Oc2ccccc2I)C(O)C(N(CCN2CCOCC2)C(=O)CCC2CCCC2)C1. The zero-order valence-corrected chi connectivity index (χ0v) is 24.8. The normalized spacial score (nSPS) is 24.3. The molecule has 0 bridgehead atoms. The first-order valence-corrected chi connectivity index (χ1v) is 15.3. The number of aliphatic hydroxyl groups is 2. The minimum atomic E-state index is -1.00. The molecule has 3 atom stereocenters. The molecule has 0 spiro atoms. The van der Waals surface area contributed by atoms with E-state index in [1.807, 2.05) is 24.3 Å². The third-order valence-corrected chi connectivity index (χ3v) is 8.93. The van der Waals surface area contributed by atoms with Crippen LogP contribution in [0.1, 0.15) is 44.9 Å². The molecule has 0 radical (unpaired) electrons. The van der Waals surface area contributed by atoms with Gasteiger partial charge in [0, 0.05) is 51.1 Å². The molecule has 10 heteroatoms. The van der Waals surface area contributed by atoms with Gasteiger partial charge in [0.05, 0.1) is 29.4 Å². The van der Waals surface area contributed by atoms with Gasteiger partial charge in [0.25, 0.3) is 0 Å². The Morgan fingerprint density at radius 2 is 1.92 bits per heavy atom. The lowest BCUT2D eigenvalue weighted by atomic mass is 9.87. The van der Waals surface area contributed by atoms with Crippen molar-refractivity contribution in [2.75, 3.05) is 52.5 Å². The second-order valence-corrected chi connectivity index (χ2v) is 11.8. The van der Waals surface area contributed by atoms with Crippen LogP contribution in [0.15, 0.2) is 35.9 Å². The average Bonchev–Trinajstić information content (AvgIpc) is 3.48. The summed E-state index contributed by atoms with van der Waals surface area (Å²) in [7, 11) is 0. The lowest BCUT2D eigenvalue weighted by Gasteiger charge is -2.41. The van der Waals surface area contributed by atoms with Crippen LogP contribution >= 0.6 is 22.6 Å². The van der Waals surface area contributed by atoms with E-state index in [1.54, 1.807) is 11.0 Å². The van der Waals surface area contributed by atoms with Crippen LogP contribution in [-0.2, 0) is 14.3 Å². The summed E-state index contributed by atoms with van der Waals surface area (Å²) in [5.74, 6) is 0.900. The summed E-state index contributed by atoms with van der Waals surface area (Å²) >= 11 is 2.18. The van der Waals surface area contributed by atoms with Gasteiger partial charge in [-0.15, -0.1) is 0 Å². The van der Waals surface area contributed by atoms with Gasteiger partial charge in [-0.1, -0.05) is 37.8 Å². The molecule has 1 aromatic rings. The van der Waals surface area contributed by atoms with Crippen molar-refractivity contribution in [2.24, 2.45) is 5.92 Å². The van der Waals surface area contributed by atoms with E-state index >= 15 is 0 Å². The number of amides is 2. The number of aliphatic hydroxyl groups excluding tert-OH is 2. The first kappa shape index (κ1) is 30.2. The predicted molar refractivity (Wildman–Crippen MR) is 156 cm³/mol. The van der Waals surface area contributed by atoms with Gasteiger partial charge >= 0.3 is 0 Å². The minimum absolute atomic E-state index is 0.0178. The van der Waals surface area contributed by atoms with Crippen molar-refractivity contribution in [3.05, 3.63) is 39.5 Å². The van der Waals surface area contributed by atoms with Crippen LogP contribution in [0.25, 0.3) is 0 Å². The molecular weight excluding hydrogens is 613 g/mol. The molecule has 1 saturated carbocycles. The number of ether oxygens (including phenoxy) is 2. The fourth-order valence-electron chi connectivity index (χ4n) is 5.79. The van der Waals surface area contributed by atoms with E-state index in [0.29, 0.717) is 50.0 Å². The fourth-order valence-corrected chi connectivity index (χ4v) is 6.30. The van der Waals surface area contributed by atoms with Crippen LogP contribution in [0, 0.1) is 9.49 Å². The third-order valence-electron chi connectivity index (χ3n) is 8.04. The van der Waals surface area contributed by atoms with Crippen LogP contribution in [-0.4, -0.2) is 103 Å². The molecule has 0 aromatic heterocycles. The Hall–Kier alpha value is -1.73. The molecule has 4 rings (SSSR count). The second kappa shape index (κ2) is 15.3. The number of hydrogen-bond donors (Lipinski definition) is 3. The van der Waals surface area contributed by atoms with Crippen LogP contribution < -0.4 is 10.1 Å². The highest BCUT2D eigenvalue weighted by Gasteiger charge is 2.40. The van der Waals surface area contributed by atoms with Gasteiger partial charge in [-0.3, -0.25) is 14.5 Å². The van der Waals surface area contributed by atoms with Gasteiger partial charge < -0.3 is 29.9 Å². The Labute approximate surface area is 245 Å². The zero-order valence-electron chi connectivity index (χ0n) is 22.6. The first-order valence-electron chi connectivity index (χ1n) is 14.2. The van der Waals surface area contributed by atoms with Gasteiger partial charge in [0.2, 0.25) is 11.8 Å². The topological polar surface area (TPSA) is 112 Å². The molecule has 1 aromatic carbocycles. The van der Waals surface area contributed by atoms with Crippen molar-refractivity contribution in [3.63, 3.8) is 0 Å². The Bertz CT molecular complexity index is 980. The molecule has 1 saturated heterocycles. The number of para-hydroxylation sites is 1. The summed E-state index contributed by atoms with van der Waals surface area (Å²) in [5.41, 5.74) is 0.453. The molecule has 9 nitrogen and oxygen atoms in total. The van der Waals surface area contributed by atoms with E-state index < -0.39 is 18.2 Å². The number of halogens is 1. The molecule has 2 fully saturated rings. The summed E-state index contributed by atoms with van der Waals surface area (Å²) in [5, 5.41) is 23.6. The Balaban J connectivity index is 1.56. The smallest absolute Gasteiger partial charge is 0.247 e. The van der Waals surface area contributed by atoms with E-state index in [0.717, 1.165) is 23.1 Å². The first-order chi connectivity index (χ1) is 19.0. The summed E-state index contributed by atoms with van der Waals surface area (Å²) in [6.45, 7) is 4.07. The molecule has 3 aliphatic rings. The molecular formula is C29H42IN3O6. The van der Waals surface area contributed by atoms with Crippen LogP contribution in [0.2, 0.25) is 0 Å². The molecule has 39 heavy (non-hydrogen) atoms. The van der Waals surface area contributed by atoms with E-state index in [-0.39, 0.29) is 31.4 Å². The fraction of sp³-hybridized carbons (Fsp3) is 0.655. The number of rotatable bonds is 12. The van der Waals surface area contributed by atoms with Crippen LogP contribution in [0.5, 0.6) is 5.75 Å². The van der Waals surface area contributed by atoms with E-state index in [2.05, 4.69) is 32.8 Å². The lowest BCUT2D eigenvalue weighted by Crippen LogP contribution is -2.56. The van der Waals surface area contributed by atoms with Gasteiger partial charge in [0.1, 0.15) is 18.0 Å². The summed E-state index contributed by atoms with van der Waals surface area (Å²) < 4.78 is 12.6. The number of nitrogens with zero attached hydrogens (tertiary/aromatic N) is 2. The highest BCUT2D eigenvalue weighted by molar-refractivity contribution is 14.1. The number of morpholine rings is 1. The molecule has 1 heterocycles. The van der Waals surface area contributed by atoms with Crippen molar-refractivity contribution in [1.82, 2.24) is 15.1 Å². The maximum absolute atomic E-state index is 13.8. The largest absolute Gasteiger partial charge is 0.482 e. The number of carbonyl (C=O) groups excluding carboxylic acids is 2. The van der Waals surface area contributed by atoms with Gasteiger partial charge in [-0.05, 0) is 53.1 Å². The van der Waals surface area contributed by atoms with Gasteiger partial charge in [-0.25, -0.2) is 0 Å². The highest BCUT2D eigenvalue weighted by atomic mass is 127. The van der Waals surface area contributed by atoms with E-state index in [9.17, 15) is 19.8 Å². The Kier molecular flexibility index (Phi) is 11.9. The van der Waals surface area contributed by atoms with Crippen LogP contribution in [0.3, 0.4) is 0 Å². The molecule has 3 N–H and O–H groups in total. The molecule has 1 aliphatic heterocycles. The quantitative estimate of drug-likeness (QED) is 0.297. The average molecular weight is 656 g/mol. The van der Waals surface area contributed by atoms with Crippen molar-refractivity contribution >= 4 is 34.4 Å². The van der Waals surface area contributed by atoms with Crippen molar-refractivity contribution in [2.45, 2.75) is 63.2 Å². The lowest BCUT2D eigenvalue weighted by molar-refractivity contribution is -0.139. The van der Waals surface area contributed by atoms with Crippen LogP contribution in [0.4, 0.5) is 0 Å². The summed E-state index contributed by atoms with van der Waals surface area (Å²) in [4.78, 5) is 30.9. The minimum Gasteiger partial charge on any atom is -0.482 e. The molecule has 2 amide bonds. The highest BCUT2D eigenvalue weighted by Crippen LogP contribution is 2.32. The Morgan fingerprint density at radius 3 is 2.64 bits per heavy atom. The van der Waals surface area contributed by atoms with Crippen molar-refractivity contribution in [3.8, 4) is 5.75 Å². The van der Waals surface area contributed by atoms with E-state index in [1.165, 1.54) is 25.7 Å². The predicted octanol–water partition coefficient (Wildman–Crippen LogP) is 2.34. The summed E-state index contributed by atoms with van der Waals surface area (Å²) in [6.07, 6.45) is 6.20. The van der Waals surface area contributed by atoms with Crippen molar-refractivity contribution in [1.29, 1.82) is 0 Å². The standard InChI is InChI=1S/C29H42IN3O6/c30-23-7-3-4-8-25(23)39-26-20-22(29(37)31-11-16-34)19-24(28(26)36)33(13-12-32-14-17-38-18-15-32)27(35)10-9-21-5-1-2-6-21/h3-4,7-8,20-21,24,26,28,34,36H,1-2,5-6,9-19H2,(H,31,37).